The van der Waals surface area contributed by atoms with E-state index in [4.69, 9.17) is 27.1 Å². The van der Waals surface area contributed by atoms with Crippen LogP contribution in [-0.4, -0.2) is 20.5 Å². The van der Waals surface area contributed by atoms with Gasteiger partial charge in [0.2, 0.25) is 0 Å². The van der Waals surface area contributed by atoms with E-state index in [0.717, 1.165) is 0 Å². The third-order valence-electron chi connectivity index (χ3n) is 0.469. The molecule has 0 fully saturated rings. The van der Waals surface area contributed by atoms with Crippen molar-refractivity contribution in [2.24, 2.45) is 0 Å². The van der Waals surface area contributed by atoms with Gasteiger partial charge in [-0.2, -0.15) is 0 Å². The molecule has 0 saturated heterocycles. The molecular formula is C3H8Cl2OSi. The highest BCUT2D eigenvalue weighted by Crippen LogP contribution is 1.93. The Hall–Kier alpha value is 0.757. The Kier molecular flexibility index (Phi) is 5.44. The van der Waals surface area contributed by atoms with Gasteiger partial charge in [-0.15, -0.1) is 22.7 Å². The number of halogens is 2. The SMILES string of the molecule is CCO[SiH](Cl)CCl. The lowest BCUT2D eigenvalue weighted by molar-refractivity contribution is 0.358. The second kappa shape index (κ2) is 4.90. The molecule has 0 aromatic heterocycles. The summed E-state index contributed by atoms with van der Waals surface area (Å²) >= 11 is 10.9. The first kappa shape index (κ1) is 7.76. The van der Waals surface area contributed by atoms with E-state index in [1.165, 1.54) is 0 Å². The third-order valence-corrected chi connectivity index (χ3v) is 3.56. The Balaban J connectivity index is 2.83. The molecule has 0 heterocycles. The third kappa shape index (κ3) is 4.61. The van der Waals surface area contributed by atoms with E-state index in [2.05, 4.69) is 0 Å². The van der Waals surface area contributed by atoms with Crippen LogP contribution in [0.25, 0.3) is 0 Å². The quantitative estimate of drug-likeness (QED) is 0.342. The Morgan fingerprint density at radius 3 is 2.43 bits per heavy atom. The molecule has 7 heavy (non-hydrogen) atoms. The van der Waals surface area contributed by atoms with Crippen molar-refractivity contribution < 1.29 is 4.43 Å². The van der Waals surface area contributed by atoms with E-state index < -0.39 is 8.35 Å². The van der Waals surface area contributed by atoms with E-state index in [1.54, 1.807) is 0 Å². The number of hydrogen-bond donors (Lipinski definition) is 0. The molecular weight excluding hydrogens is 151 g/mol. The fourth-order valence-electron chi connectivity index (χ4n) is 0.225. The maximum atomic E-state index is 5.55. The highest BCUT2D eigenvalue weighted by molar-refractivity contribution is 7.05. The van der Waals surface area contributed by atoms with Crippen LogP contribution in [0.1, 0.15) is 6.92 Å². The van der Waals surface area contributed by atoms with Crippen molar-refractivity contribution in [3.63, 3.8) is 0 Å². The Labute approximate surface area is 55.0 Å². The van der Waals surface area contributed by atoms with Crippen molar-refractivity contribution in [2.75, 3.05) is 12.1 Å². The summed E-state index contributed by atoms with van der Waals surface area (Å²) in [7, 11) is -1.44. The summed E-state index contributed by atoms with van der Waals surface area (Å²) in [4.78, 5) is 0. The van der Waals surface area contributed by atoms with Crippen LogP contribution < -0.4 is 0 Å². The van der Waals surface area contributed by atoms with Crippen LogP contribution in [0.15, 0.2) is 0 Å². The van der Waals surface area contributed by atoms with Gasteiger partial charge in [-0.1, -0.05) is 0 Å². The molecule has 0 aromatic rings. The van der Waals surface area contributed by atoms with Gasteiger partial charge in [-0.25, -0.2) is 0 Å². The van der Waals surface area contributed by atoms with Gasteiger partial charge < -0.3 is 4.43 Å². The van der Waals surface area contributed by atoms with Gasteiger partial charge in [-0.3, -0.25) is 0 Å². The van der Waals surface area contributed by atoms with Crippen LogP contribution in [0.2, 0.25) is 0 Å². The van der Waals surface area contributed by atoms with Crippen LogP contribution in [0, 0.1) is 0 Å². The zero-order valence-electron chi connectivity index (χ0n) is 4.16. The maximum absolute atomic E-state index is 5.55. The molecule has 0 amide bonds. The van der Waals surface area contributed by atoms with Gasteiger partial charge >= 0.3 is 0 Å². The highest BCUT2D eigenvalue weighted by atomic mass is 35.6. The Morgan fingerprint density at radius 1 is 1.71 bits per heavy atom. The average molecular weight is 159 g/mol. The molecule has 0 bridgehead atoms. The molecule has 0 aromatic carbocycles. The number of hydrogen-bond acceptors (Lipinski definition) is 1. The standard InChI is InChI=1S/C3H8Cl2OSi/c1-2-6-7(5)3-4/h7H,2-3H2,1H3. The Morgan fingerprint density at radius 2 is 2.29 bits per heavy atom. The first-order chi connectivity index (χ1) is 3.31. The molecule has 1 unspecified atom stereocenters. The fourth-order valence-corrected chi connectivity index (χ4v) is 1.32. The van der Waals surface area contributed by atoms with E-state index in [1.807, 2.05) is 6.92 Å². The molecule has 0 radical (unpaired) electrons. The summed E-state index contributed by atoms with van der Waals surface area (Å²) in [6.07, 6.45) is 0. The summed E-state index contributed by atoms with van der Waals surface area (Å²) in [6, 6.07) is 0. The second-order valence-corrected chi connectivity index (χ2v) is 4.87. The molecule has 0 saturated carbocycles. The zero-order chi connectivity index (χ0) is 5.70. The first-order valence-electron chi connectivity index (χ1n) is 2.13. The van der Waals surface area contributed by atoms with Crippen LogP contribution in [0.3, 0.4) is 0 Å². The summed E-state index contributed by atoms with van der Waals surface area (Å²) in [6.45, 7) is 2.60. The van der Waals surface area contributed by atoms with Crippen molar-refractivity contribution in [1.82, 2.24) is 0 Å². The lowest BCUT2D eigenvalue weighted by atomic mass is 10.9. The highest BCUT2D eigenvalue weighted by Gasteiger charge is 2.01. The predicted molar refractivity (Wildman–Crippen MR) is 35.3 cm³/mol. The van der Waals surface area contributed by atoms with E-state index >= 15 is 0 Å². The summed E-state index contributed by atoms with van der Waals surface area (Å²) in [5.41, 5.74) is 0.495. The second-order valence-electron chi connectivity index (χ2n) is 1.02. The topological polar surface area (TPSA) is 9.23 Å². The minimum Gasteiger partial charge on any atom is -0.405 e. The van der Waals surface area contributed by atoms with Gasteiger partial charge in [0.1, 0.15) is 0 Å². The van der Waals surface area contributed by atoms with Crippen molar-refractivity contribution in [3.8, 4) is 0 Å². The summed E-state index contributed by atoms with van der Waals surface area (Å²) in [5, 5.41) is 0. The Bertz CT molecular complexity index is 43.9. The molecule has 1 atom stereocenters. The molecule has 0 aliphatic heterocycles. The van der Waals surface area contributed by atoms with Gasteiger partial charge in [0.25, 0.3) is 8.35 Å². The normalized spacial score (nSPS) is 14.1. The van der Waals surface area contributed by atoms with Gasteiger partial charge in [-0.05, 0) is 6.92 Å². The molecule has 4 heteroatoms. The van der Waals surface area contributed by atoms with Crippen molar-refractivity contribution >= 4 is 31.0 Å². The monoisotopic (exact) mass is 158 g/mol. The van der Waals surface area contributed by atoms with E-state index in [0.29, 0.717) is 12.1 Å². The molecule has 0 aliphatic carbocycles. The first-order valence-corrected chi connectivity index (χ1v) is 5.69. The van der Waals surface area contributed by atoms with Crippen LogP contribution >= 0.6 is 22.7 Å². The van der Waals surface area contributed by atoms with Crippen LogP contribution in [0.4, 0.5) is 0 Å². The van der Waals surface area contributed by atoms with E-state index in [9.17, 15) is 0 Å². The molecule has 44 valence electrons. The predicted octanol–water partition coefficient (Wildman–Crippen LogP) is 1.26. The fraction of sp³-hybridized carbons (Fsp3) is 1.00. The van der Waals surface area contributed by atoms with Crippen LogP contribution in [0.5, 0.6) is 0 Å². The lowest BCUT2D eigenvalue weighted by Crippen LogP contribution is -2.11. The molecule has 0 N–H and O–H groups in total. The van der Waals surface area contributed by atoms with E-state index in [-0.39, 0.29) is 0 Å². The largest absolute Gasteiger partial charge is 0.405 e. The molecule has 1 nitrogen and oxygen atoms in total. The van der Waals surface area contributed by atoms with Gasteiger partial charge in [0.05, 0.1) is 5.50 Å². The molecule has 0 aliphatic rings. The maximum Gasteiger partial charge on any atom is 0.288 e. The summed E-state index contributed by atoms with van der Waals surface area (Å²) in [5.74, 6) is 0. The van der Waals surface area contributed by atoms with Crippen LogP contribution in [-0.2, 0) is 4.43 Å². The zero-order valence-corrected chi connectivity index (χ0v) is 6.82. The van der Waals surface area contributed by atoms with Gasteiger partial charge in [0.15, 0.2) is 0 Å². The van der Waals surface area contributed by atoms with Crippen molar-refractivity contribution in [2.45, 2.75) is 6.92 Å². The van der Waals surface area contributed by atoms with Gasteiger partial charge in [0, 0.05) is 6.61 Å². The minimum absolute atomic E-state index is 0.495. The summed E-state index contributed by atoms with van der Waals surface area (Å²) < 4.78 is 4.96. The lowest BCUT2D eigenvalue weighted by Gasteiger charge is -1.99. The minimum atomic E-state index is -1.44. The van der Waals surface area contributed by atoms with Crippen molar-refractivity contribution in [1.29, 1.82) is 0 Å². The average Bonchev–Trinajstić information content (AvgIpc) is 1.68. The smallest absolute Gasteiger partial charge is 0.288 e. The van der Waals surface area contributed by atoms with Crippen molar-refractivity contribution in [3.05, 3.63) is 0 Å². The number of alkyl halides is 1. The molecule has 0 spiro atoms. The number of rotatable bonds is 3. The molecule has 0 rings (SSSR count).